The summed E-state index contributed by atoms with van der Waals surface area (Å²) in [6, 6.07) is 17.2. The molecule has 38 heavy (non-hydrogen) atoms. The van der Waals surface area contributed by atoms with Gasteiger partial charge in [0.05, 0.1) is 0 Å². The summed E-state index contributed by atoms with van der Waals surface area (Å²) in [7, 11) is 0. The lowest BCUT2D eigenvalue weighted by molar-refractivity contribution is -0.118. The Morgan fingerprint density at radius 1 is 0.816 bits per heavy atom. The lowest BCUT2D eigenvalue weighted by Crippen LogP contribution is -2.29. The van der Waals surface area contributed by atoms with E-state index in [1.165, 1.54) is 44.6 Å². The smallest absolute Gasteiger partial charge is 0.251 e. The number of nitrogens with one attached hydrogen (secondary N) is 4. The molecule has 9 heteroatoms. The van der Waals surface area contributed by atoms with Crippen molar-refractivity contribution < 1.29 is 9.59 Å². The molecule has 200 valence electrons. The van der Waals surface area contributed by atoms with E-state index in [4.69, 9.17) is 11.6 Å². The van der Waals surface area contributed by atoms with Gasteiger partial charge in [-0.1, -0.05) is 43.0 Å². The number of carbonyl (C=O) groups excluding carboxylic acids is 2. The Morgan fingerprint density at radius 2 is 1.42 bits per heavy atom. The fourth-order valence-corrected chi connectivity index (χ4v) is 4.72. The summed E-state index contributed by atoms with van der Waals surface area (Å²) in [6.07, 6.45) is 6.40. The molecule has 4 rings (SSSR count). The summed E-state index contributed by atoms with van der Waals surface area (Å²) in [4.78, 5) is 33.0. The number of nitrogens with zero attached hydrogens (tertiary/aromatic N) is 2. The Hall–Kier alpha value is -3.65. The molecule has 0 radical (unpaired) electrons. The van der Waals surface area contributed by atoms with Crippen molar-refractivity contribution in [3.8, 4) is 11.4 Å². The van der Waals surface area contributed by atoms with E-state index in [0.717, 1.165) is 5.56 Å². The molecule has 0 spiro atoms. The Labute approximate surface area is 229 Å². The van der Waals surface area contributed by atoms with Gasteiger partial charge in [0, 0.05) is 55.3 Å². The maximum absolute atomic E-state index is 12.6. The van der Waals surface area contributed by atoms with Crippen LogP contribution in [0.5, 0.6) is 0 Å². The molecule has 1 heterocycles. The molecule has 2 amide bonds. The summed E-state index contributed by atoms with van der Waals surface area (Å²) < 4.78 is 0. The minimum atomic E-state index is -0.0909. The lowest BCUT2D eigenvalue weighted by Gasteiger charge is -2.22. The molecule has 0 atom stereocenters. The predicted octanol–water partition coefficient (Wildman–Crippen LogP) is 5.23. The van der Waals surface area contributed by atoms with Crippen LogP contribution in [-0.4, -0.2) is 48.0 Å². The van der Waals surface area contributed by atoms with Crippen LogP contribution in [0.3, 0.4) is 0 Å². The molecule has 1 fully saturated rings. The molecular formula is C29H35ClN6O2. The maximum atomic E-state index is 12.6. The summed E-state index contributed by atoms with van der Waals surface area (Å²) in [5, 5.41) is 12.9. The topological polar surface area (TPSA) is 108 Å². The van der Waals surface area contributed by atoms with Crippen molar-refractivity contribution >= 4 is 35.1 Å². The van der Waals surface area contributed by atoms with E-state index in [1.54, 1.807) is 18.2 Å². The third-order valence-electron chi connectivity index (χ3n) is 6.60. The monoisotopic (exact) mass is 534 g/mol. The highest BCUT2D eigenvalue weighted by Gasteiger charge is 2.16. The number of rotatable bonds is 11. The van der Waals surface area contributed by atoms with E-state index in [-0.39, 0.29) is 11.8 Å². The molecule has 0 saturated heterocycles. The molecule has 0 bridgehead atoms. The van der Waals surface area contributed by atoms with E-state index in [9.17, 15) is 9.59 Å². The van der Waals surface area contributed by atoms with E-state index in [0.29, 0.717) is 60.1 Å². The highest BCUT2D eigenvalue weighted by atomic mass is 35.5. The van der Waals surface area contributed by atoms with Crippen molar-refractivity contribution in [1.29, 1.82) is 0 Å². The minimum absolute atomic E-state index is 0.0825. The maximum Gasteiger partial charge on any atom is 0.251 e. The summed E-state index contributed by atoms with van der Waals surface area (Å²) >= 11 is 6.03. The first-order chi connectivity index (χ1) is 18.5. The number of benzene rings is 2. The molecule has 0 unspecified atom stereocenters. The molecule has 1 aromatic heterocycles. The van der Waals surface area contributed by atoms with Crippen LogP contribution in [0, 0.1) is 0 Å². The van der Waals surface area contributed by atoms with E-state index in [2.05, 4.69) is 43.4 Å². The Morgan fingerprint density at radius 3 is 2.03 bits per heavy atom. The highest BCUT2D eigenvalue weighted by molar-refractivity contribution is 6.30. The first-order valence-corrected chi connectivity index (χ1v) is 13.6. The van der Waals surface area contributed by atoms with Gasteiger partial charge in [0.25, 0.3) is 5.91 Å². The fraction of sp³-hybridized carbons (Fsp3) is 0.379. The number of carbonyl (C=O) groups is 2. The van der Waals surface area contributed by atoms with Gasteiger partial charge in [0.15, 0.2) is 5.82 Å². The average molecular weight is 535 g/mol. The first-order valence-electron chi connectivity index (χ1n) is 13.2. The van der Waals surface area contributed by atoms with Crippen molar-refractivity contribution in [3.63, 3.8) is 0 Å². The highest BCUT2D eigenvalue weighted by Crippen LogP contribution is 2.32. The van der Waals surface area contributed by atoms with E-state index < -0.39 is 0 Å². The number of halogens is 1. The van der Waals surface area contributed by atoms with Crippen LogP contribution < -0.4 is 21.3 Å². The van der Waals surface area contributed by atoms with Gasteiger partial charge in [-0.15, -0.1) is 0 Å². The van der Waals surface area contributed by atoms with Crippen LogP contribution >= 0.6 is 11.6 Å². The second-order valence-corrected chi connectivity index (χ2v) is 9.95. The number of hydrogen-bond donors (Lipinski definition) is 4. The van der Waals surface area contributed by atoms with Gasteiger partial charge in [-0.3, -0.25) is 9.59 Å². The van der Waals surface area contributed by atoms with Crippen molar-refractivity contribution in [1.82, 2.24) is 20.6 Å². The Bertz CT molecular complexity index is 1210. The predicted molar refractivity (Wildman–Crippen MR) is 153 cm³/mol. The molecule has 4 N–H and O–H groups in total. The first kappa shape index (κ1) is 27.4. The minimum Gasteiger partial charge on any atom is -0.368 e. The zero-order valence-corrected chi connectivity index (χ0v) is 22.5. The van der Waals surface area contributed by atoms with Crippen LogP contribution in [0.2, 0.25) is 5.02 Å². The normalized spacial score (nSPS) is 13.5. The Kier molecular flexibility index (Phi) is 9.92. The van der Waals surface area contributed by atoms with Gasteiger partial charge in [-0.05, 0) is 60.7 Å². The van der Waals surface area contributed by atoms with Crippen molar-refractivity contribution in [2.75, 3.05) is 36.8 Å². The van der Waals surface area contributed by atoms with E-state index in [1.807, 2.05) is 24.3 Å². The third kappa shape index (κ3) is 8.18. The zero-order valence-electron chi connectivity index (χ0n) is 21.7. The third-order valence-corrected chi connectivity index (χ3v) is 6.85. The van der Waals surface area contributed by atoms with Crippen LogP contribution in [0.15, 0.2) is 54.6 Å². The van der Waals surface area contributed by atoms with Gasteiger partial charge < -0.3 is 21.3 Å². The van der Waals surface area contributed by atoms with Gasteiger partial charge in [0.2, 0.25) is 5.91 Å². The SMILES string of the molecule is CC(=O)NCCNc1cc(NCCNC(=O)c2ccc(C3CCCCC3)cc2)nc(-c2ccc(Cl)cc2)n1. The lowest BCUT2D eigenvalue weighted by atomic mass is 9.84. The van der Waals surface area contributed by atoms with Crippen LogP contribution in [0.25, 0.3) is 11.4 Å². The summed E-state index contributed by atoms with van der Waals surface area (Å²) in [5.74, 6) is 2.24. The van der Waals surface area contributed by atoms with Gasteiger partial charge in [-0.25, -0.2) is 9.97 Å². The van der Waals surface area contributed by atoms with Crippen molar-refractivity contribution in [2.45, 2.75) is 44.9 Å². The summed E-state index contributed by atoms with van der Waals surface area (Å²) in [5.41, 5.74) is 2.83. The Balaban J connectivity index is 1.33. The number of hydrogen-bond acceptors (Lipinski definition) is 6. The molecule has 8 nitrogen and oxygen atoms in total. The number of amides is 2. The quantitative estimate of drug-likeness (QED) is 0.251. The van der Waals surface area contributed by atoms with Crippen LogP contribution in [-0.2, 0) is 4.79 Å². The van der Waals surface area contributed by atoms with E-state index >= 15 is 0 Å². The second kappa shape index (κ2) is 13.8. The molecule has 1 saturated carbocycles. The molecule has 1 aliphatic carbocycles. The average Bonchev–Trinajstić information content (AvgIpc) is 2.94. The van der Waals surface area contributed by atoms with Crippen molar-refractivity contribution in [2.24, 2.45) is 0 Å². The molecule has 1 aliphatic rings. The standard InChI is InChI=1S/C29H35ClN6O2/c1-20(37)31-15-16-32-26-19-27(36-28(35-26)23-11-13-25(30)14-12-23)33-17-18-34-29(38)24-9-7-22(8-10-24)21-5-3-2-4-6-21/h7-14,19,21H,2-6,15-18H2,1H3,(H,31,37)(H,34,38)(H2,32,33,35,36). The number of aromatic nitrogens is 2. The largest absolute Gasteiger partial charge is 0.368 e. The van der Waals surface area contributed by atoms with Gasteiger partial charge in [-0.2, -0.15) is 0 Å². The number of anilines is 2. The molecular weight excluding hydrogens is 500 g/mol. The van der Waals surface area contributed by atoms with Crippen LogP contribution in [0.1, 0.15) is 60.9 Å². The zero-order chi connectivity index (χ0) is 26.7. The van der Waals surface area contributed by atoms with Crippen LogP contribution in [0.4, 0.5) is 11.6 Å². The molecule has 0 aliphatic heterocycles. The van der Waals surface area contributed by atoms with Crippen molar-refractivity contribution in [3.05, 3.63) is 70.7 Å². The molecule has 2 aromatic carbocycles. The molecule has 3 aromatic rings. The second-order valence-electron chi connectivity index (χ2n) is 9.52. The van der Waals surface area contributed by atoms with Gasteiger partial charge in [0.1, 0.15) is 11.6 Å². The fourth-order valence-electron chi connectivity index (χ4n) is 4.60. The van der Waals surface area contributed by atoms with Gasteiger partial charge >= 0.3 is 0 Å². The summed E-state index contributed by atoms with van der Waals surface area (Å²) in [6.45, 7) is 3.41.